The Kier molecular flexibility index (Phi) is 6.96. The number of ether oxygens (including phenoxy) is 3. The number of amides is 1. The average molecular weight is 546 g/mol. The van der Waals surface area contributed by atoms with E-state index in [1.165, 1.54) is 27.7 Å². The van der Waals surface area contributed by atoms with Gasteiger partial charge in [0, 0.05) is 5.56 Å². The van der Waals surface area contributed by atoms with Gasteiger partial charge in [-0.3, -0.25) is 4.79 Å². The van der Waals surface area contributed by atoms with Crippen LogP contribution in [0.4, 0.5) is 5.13 Å². The van der Waals surface area contributed by atoms with Crippen molar-refractivity contribution in [2.75, 3.05) is 26.3 Å². The summed E-state index contributed by atoms with van der Waals surface area (Å²) in [6.07, 6.45) is 1.57. The number of aromatic nitrogens is 1. The quantitative estimate of drug-likeness (QED) is 0.206. The van der Waals surface area contributed by atoms with Crippen molar-refractivity contribution in [2.24, 2.45) is 5.10 Å². The Hall–Kier alpha value is -2.95. The minimum atomic E-state index is -0.273. The van der Waals surface area contributed by atoms with Gasteiger partial charge in [0.25, 0.3) is 5.91 Å². The fourth-order valence-electron chi connectivity index (χ4n) is 3.13. The van der Waals surface area contributed by atoms with Crippen molar-refractivity contribution in [3.63, 3.8) is 0 Å². The molecule has 10 heteroatoms. The Labute approximate surface area is 207 Å². The molecule has 4 rings (SSSR count). The highest BCUT2D eigenvalue weighted by Gasteiger charge is 2.23. The van der Waals surface area contributed by atoms with Crippen molar-refractivity contribution in [1.29, 1.82) is 0 Å². The zero-order valence-electron chi connectivity index (χ0n) is 18.3. The number of thiazole rings is 1. The third-order valence-corrected chi connectivity index (χ3v) is 7.30. The zero-order chi connectivity index (χ0) is 23.5. The Balaban J connectivity index is 1.78. The zero-order valence-corrected chi connectivity index (χ0v) is 21.5. The first-order valence-corrected chi connectivity index (χ1v) is 12.2. The average Bonchev–Trinajstić information content (AvgIpc) is 3.43. The molecule has 2 aromatic heterocycles. The van der Waals surface area contributed by atoms with Crippen molar-refractivity contribution < 1.29 is 19.0 Å². The van der Waals surface area contributed by atoms with E-state index in [1.54, 1.807) is 45.7 Å². The van der Waals surface area contributed by atoms with E-state index in [2.05, 4.69) is 26.0 Å². The number of methoxy groups -OCH3 is 3. The van der Waals surface area contributed by atoms with E-state index in [0.717, 1.165) is 19.6 Å². The van der Waals surface area contributed by atoms with Gasteiger partial charge in [0.05, 0.1) is 46.4 Å². The molecule has 0 aliphatic rings. The summed E-state index contributed by atoms with van der Waals surface area (Å²) < 4.78 is 18.1. The van der Waals surface area contributed by atoms with Crippen LogP contribution >= 0.6 is 38.6 Å². The number of anilines is 1. The van der Waals surface area contributed by atoms with Gasteiger partial charge in [-0.25, -0.2) is 4.98 Å². The lowest BCUT2D eigenvalue weighted by Crippen LogP contribution is -2.24. The molecule has 170 valence electrons. The van der Waals surface area contributed by atoms with Gasteiger partial charge >= 0.3 is 0 Å². The Morgan fingerprint density at radius 3 is 2.36 bits per heavy atom. The lowest BCUT2D eigenvalue weighted by Gasteiger charge is -2.14. The maximum atomic E-state index is 13.4. The molecular formula is C23H20BrN3O4S2. The third-order valence-electron chi connectivity index (χ3n) is 4.70. The molecule has 0 radical (unpaired) electrons. The standard InChI is InChI=1S/C23H20BrN3O4S2/c1-13-5-6-15-19(9-13)33-23(26-15)27(22(28)18-7-8-20(24)32-18)25-12-14-10-16(29-2)21(31-4)17(11-14)30-3/h5-12H,1-4H3/b25-12+. The van der Waals surface area contributed by atoms with Crippen molar-refractivity contribution in [1.82, 2.24) is 4.98 Å². The van der Waals surface area contributed by atoms with Gasteiger partial charge in [0.2, 0.25) is 10.9 Å². The second kappa shape index (κ2) is 9.90. The number of halogens is 1. The van der Waals surface area contributed by atoms with Crippen LogP contribution in [0.2, 0.25) is 0 Å². The summed E-state index contributed by atoms with van der Waals surface area (Å²) >= 11 is 6.17. The van der Waals surface area contributed by atoms with Gasteiger partial charge in [-0.05, 0) is 64.8 Å². The molecule has 0 bridgehead atoms. The van der Waals surface area contributed by atoms with E-state index in [9.17, 15) is 4.79 Å². The van der Waals surface area contributed by atoms with Gasteiger partial charge in [-0.1, -0.05) is 17.4 Å². The van der Waals surface area contributed by atoms with Crippen LogP contribution in [0.25, 0.3) is 10.2 Å². The lowest BCUT2D eigenvalue weighted by atomic mass is 10.2. The highest BCUT2D eigenvalue weighted by atomic mass is 79.9. The van der Waals surface area contributed by atoms with Crippen molar-refractivity contribution in [3.05, 3.63) is 62.3 Å². The van der Waals surface area contributed by atoms with E-state index in [-0.39, 0.29) is 5.91 Å². The Bertz CT molecular complexity index is 1320. The highest BCUT2D eigenvalue weighted by Crippen LogP contribution is 2.38. The summed E-state index contributed by atoms with van der Waals surface area (Å²) in [5, 5.41) is 6.32. The third kappa shape index (κ3) is 4.87. The fraction of sp³-hybridized carbons (Fsp3) is 0.174. The first-order valence-electron chi connectivity index (χ1n) is 9.74. The second-order valence-electron chi connectivity index (χ2n) is 6.89. The molecule has 33 heavy (non-hydrogen) atoms. The number of fused-ring (bicyclic) bond motifs is 1. The molecule has 2 aromatic carbocycles. The predicted molar refractivity (Wildman–Crippen MR) is 137 cm³/mol. The molecule has 0 saturated carbocycles. The largest absolute Gasteiger partial charge is 0.493 e. The smallest absolute Gasteiger partial charge is 0.290 e. The molecule has 0 fully saturated rings. The van der Waals surface area contributed by atoms with Crippen LogP contribution in [0, 0.1) is 6.92 Å². The van der Waals surface area contributed by atoms with Crippen molar-refractivity contribution in [2.45, 2.75) is 6.92 Å². The van der Waals surface area contributed by atoms with Gasteiger partial charge in [-0.15, -0.1) is 11.3 Å². The number of hydrogen-bond acceptors (Lipinski definition) is 8. The number of hydrazone groups is 1. The van der Waals surface area contributed by atoms with Crippen LogP contribution in [-0.4, -0.2) is 38.4 Å². The number of thiophene rings is 1. The molecule has 4 aromatic rings. The van der Waals surface area contributed by atoms with E-state index in [0.29, 0.717) is 32.8 Å². The van der Waals surface area contributed by atoms with E-state index in [1.807, 2.05) is 31.2 Å². The topological polar surface area (TPSA) is 73.2 Å². The van der Waals surface area contributed by atoms with Gasteiger partial charge in [0.1, 0.15) is 0 Å². The van der Waals surface area contributed by atoms with Crippen LogP contribution in [0.1, 0.15) is 20.8 Å². The Morgan fingerprint density at radius 1 is 1.03 bits per heavy atom. The number of carbonyl (C=O) groups excluding carboxylic acids is 1. The number of benzene rings is 2. The minimum Gasteiger partial charge on any atom is -0.493 e. The summed E-state index contributed by atoms with van der Waals surface area (Å²) in [4.78, 5) is 18.6. The number of carbonyl (C=O) groups is 1. The fourth-order valence-corrected chi connectivity index (χ4v) is 5.46. The van der Waals surface area contributed by atoms with Crippen molar-refractivity contribution in [3.8, 4) is 17.2 Å². The van der Waals surface area contributed by atoms with Gasteiger partial charge < -0.3 is 14.2 Å². The lowest BCUT2D eigenvalue weighted by molar-refractivity contribution is 0.0991. The van der Waals surface area contributed by atoms with Crippen LogP contribution in [0.5, 0.6) is 17.2 Å². The number of aryl methyl sites for hydroxylation is 1. The summed E-state index contributed by atoms with van der Waals surface area (Å²) in [6.45, 7) is 2.02. The minimum absolute atomic E-state index is 0.273. The van der Waals surface area contributed by atoms with Gasteiger partial charge in [0.15, 0.2) is 11.5 Å². The second-order valence-corrected chi connectivity index (χ2v) is 10.4. The Morgan fingerprint density at radius 2 is 1.76 bits per heavy atom. The van der Waals surface area contributed by atoms with E-state index >= 15 is 0 Å². The molecular weight excluding hydrogens is 526 g/mol. The first kappa shape index (κ1) is 23.2. The number of nitrogens with zero attached hydrogens (tertiary/aromatic N) is 3. The molecule has 2 heterocycles. The predicted octanol–water partition coefficient (Wildman–Crippen LogP) is 6.14. The molecule has 0 unspecified atom stereocenters. The molecule has 0 spiro atoms. The maximum absolute atomic E-state index is 13.4. The summed E-state index contributed by atoms with van der Waals surface area (Å²) in [5.41, 5.74) is 2.61. The van der Waals surface area contributed by atoms with E-state index in [4.69, 9.17) is 14.2 Å². The SMILES string of the molecule is COc1cc(/C=N/N(C(=O)c2ccc(Br)s2)c2nc3ccc(C)cc3s2)cc(OC)c1OC. The van der Waals surface area contributed by atoms with Crippen LogP contribution < -0.4 is 19.2 Å². The summed E-state index contributed by atoms with van der Waals surface area (Å²) in [7, 11) is 4.64. The first-order chi connectivity index (χ1) is 15.9. The number of hydrogen-bond donors (Lipinski definition) is 0. The molecule has 0 saturated heterocycles. The van der Waals surface area contributed by atoms with Crippen LogP contribution in [0.15, 0.2) is 51.4 Å². The molecule has 1 amide bonds. The summed E-state index contributed by atoms with van der Waals surface area (Å²) in [6, 6.07) is 13.1. The molecule has 0 atom stereocenters. The molecule has 0 aliphatic heterocycles. The normalized spacial score (nSPS) is 11.2. The monoisotopic (exact) mass is 545 g/mol. The van der Waals surface area contributed by atoms with E-state index < -0.39 is 0 Å². The number of rotatable bonds is 7. The van der Waals surface area contributed by atoms with Crippen LogP contribution in [-0.2, 0) is 0 Å². The molecule has 7 nitrogen and oxygen atoms in total. The van der Waals surface area contributed by atoms with Gasteiger partial charge in [-0.2, -0.15) is 10.1 Å². The van der Waals surface area contributed by atoms with Crippen molar-refractivity contribution >= 4 is 66.1 Å². The highest BCUT2D eigenvalue weighted by molar-refractivity contribution is 9.11. The molecule has 0 N–H and O–H groups in total. The molecule has 0 aliphatic carbocycles. The summed E-state index contributed by atoms with van der Waals surface area (Å²) in [5.74, 6) is 1.20. The van der Waals surface area contributed by atoms with Crippen LogP contribution in [0.3, 0.4) is 0 Å². The maximum Gasteiger partial charge on any atom is 0.290 e.